The van der Waals surface area contributed by atoms with Gasteiger partial charge < -0.3 is 14.8 Å². The summed E-state index contributed by atoms with van der Waals surface area (Å²) in [5, 5.41) is 3.26. The molecule has 4 nitrogen and oxygen atoms in total. The molecule has 0 saturated carbocycles. The molecular formula is C24H31NO3. The summed E-state index contributed by atoms with van der Waals surface area (Å²) >= 11 is 0. The third-order valence-electron chi connectivity index (χ3n) is 5.15. The van der Waals surface area contributed by atoms with Crippen LogP contribution in [-0.4, -0.2) is 31.3 Å². The van der Waals surface area contributed by atoms with Gasteiger partial charge in [0.15, 0.2) is 0 Å². The van der Waals surface area contributed by atoms with Crippen molar-refractivity contribution in [2.75, 3.05) is 19.7 Å². The summed E-state index contributed by atoms with van der Waals surface area (Å²) in [4.78, 5) is 12.3. The smallest absolute Gasteiger partial charge is 0.310 e. The van der Waals surface area contributed by atoms with Crippen LogP contribution in [-0.2, 0) is 16.0 Å². The maximum Gasteiger partial charge on any atom is 0.310 e. The first kappa shape index (κ1) is 20.4. The van der Waals surface area contributed by atoms with Gasteiger partial charge in [-0.3, -0.25) is 4.79 Å². The Bertz CT molecular complexity index is 734. The molecule has 0 bridgehead atoms. The molecule has 1 aliphatic rings. The Morgan fingerprint density at radius 3 is 2.46 bits per heavy atom. The Labute approximate surface area is 168 Å². The fourth-order valence-corrected chi connectivity index (χ4v) is 3.41. The lowest BCUT2D eigenvalue weighted by Crippen LogP contribution is -2.39. The van der Waals surface area contributed by atoms with E-state index in [0.29, 0.717) is 13.0 Å². The zero-order valence-corrected chi connectivity index (χ0v) is 16.9. The number of rotatable bonds is 8. The molecule has 0 aliphatic carbocycles. The first-order valence-corrected chi connectivity index (χ1v) is 10.2. The lowest BCUT2D eigenvalue weighted by molar-refractivity contribution is -0.163. The highest BCUT2D eigenvalue weighted by Crippen LogP contribution is 2.21. The molecule has 2 aromatic carbocycles. The molecule has 150 valence electrons. The van der Waals surface area contributed by atoms with Crippen LogP contribution in [0.15, 0.2) is 54.6 Å². The molecule has 1 atom stereocenters. The number of esters is 1. The Hall–Kier alpha value is -2.33. The molecule has 1 heterocycles. The van der Waals surface area contributed by atoms with Gasteiger partial charge >= 0.3 is 5.97 Å². The second-order valence-corrected chi connectivity index (χ2v) is 8.13. The van der Waals surface area contributed by atoms with E-state index in [4.69, 9.17) is 9.47 Å². The maximum absolute atomic E-state index is 12.3. The molecule has 1 aliphatic heterocycles. The quantitative estimate of drug-likeness (QED) is 0.690. The summed E-state index contributed by atoms with van der Waals surface area (Å²) in [6.07, 6.45) is 3.52. The molecule has 0 spiro atoms. The molecule has 1 N–H and O–H groups in total. The highest BCUT2D eigenvalue weighted by molar-refractivity contribution is 5.73. The first-order valence-electron chi connectivity index (χ1n) is 10.2. The van der Waals surface area contributed by atoms with Gasteiger partial charge in [0.25, 0.3) is 0 Å². The van der Waals surface area contributed by atoms with Crippen LogP contribution in [0.25, 0.3) is 0 Å². The van der Waals surface area contributed by atoms with Gasteiger partial charge in [-0.05, 0) is 62.9 Å². The molecule has 1 saturated heterocycles. The highest BCUT2D eigenvalue weighted by Gasteiger charge is 2.29. The maximum atomic E-state index is 12.3. The number of hydrogen-bond acceptors (Lipinski definition) is 4. The topological polar surface area (TPSA) is 47.6 Å². The van der Waals surface area contributed by atoms with Crippen molar-refractivity contribution >= 4 is 5.97 Å². The minimum absolute atomic E-state index is 0.0221. The summed E-state index contributed by atoms with van der Waals surface area (Å²) in [6.45, 7) is 6.13. The van der Waals surface area contributed by atoms with Gasteiger partial charge in [-0.15, -0.1) is 0 Å². The fraction of sp³-hybridized carbons (Fsp3) is 0.458. The highest BCUT2D eigenvalue weighted by atomic mass is 16.6. The normalized spacial score (nSPS) is 17.1. The van der Waals surface area contributed by atoms with Crippen LogP contribution in [0.1, 0.15) is 44.2 Å². The van der Waals surface area contributed by atoms with Crippen molar-refractivity contribution in [3.05, 3.63) is 65.7 Å². The van der Waals surface area contributed by atoms with Crippen molar-refractivity contribution in [2.24, 2.45) is 5.92 Å². The molecule has 1 fully saturated rings. The van der Waals surface area contributed by atoms with E-state index < -0.39 is 5.60 Å². The van der Waals surface area contributed by atoms with E-state index in [1.54, 1.807) is 0 Å². The molecular weight excluding hydrogens is 350 g/mol. The van der Waals surface area contributed by atoms with E-state index in [2.05, 4.69) is 41.7 Å². The minimum Gasteiger partial charge on any atom is -0.493 e. The van der Waals surface area contributed by atoms with Gasteiger partial charge in [-0.25, -0.2) is 0 Å². The van der Waals surface area contributed by atoms with Crippen LogP contribution >= 0.6 is 0 Å². The average molecular weight is 382 g/mol. The Morgan fingerprint density at radius 1 is 1.07 bits per heavy atom. The average Bonchev–Trinajstić information content (AvgIpc) is 2.70. The minimum atomic E-state index is -0.526. The standard InChI is InChI=1S/C24H31NO3/c1-24(2,28-23(26)21-9-6-15-25-18-21)14-16-27-22-12-10-20(11-13-22)17-19-7-4-3-5-8-19/h3-5,7-8,10-13,21,25H,6,9,14-18H2,1-2H3. The third-order valence-corrected chi connectivity index (χ3v) is 5.15. The zero-order valence-electron chi connectivity index (χ0n) is 16.9. The van der Waals surface area contributed by atoms with E-state index in [1.807, 2.05) is 32.0 Å². The van der Waals surface area contributed by atoms with E-state index in [1.165, 1.54) is 11.1 Å². The van der Waals surface area contributed by atoms with E-state index in [9.17, 15) is 4.79 Å². The summed E-state index contributed by atoms with van der Waals surface area (Å²) < 4.78 is 11.6. The lowest BCUT2D eigenvalue weighted by Gasteiger charge is -2.29. The molecule has 1 unspecified atom stereocenters. The number of hydrogen-bond donors (Lipinski definition) is 1. The first-order chi connectivity index (χ1) is 13.5. The van der Waals surface area contributed by atoms with Crippen molar-refractivity contribution in [1.29, 1.82) is 0 Å². The van der Waals surface area contributed by atoms with Gasteiger partial charge in [0, 0.05) is 13.0 Å². The summed E-state index contributed by atoms with van der Waals surface area (Å²) in [5.41, 5.74) is 2.03. The Kier molecular flexibility index (Phi) is 7.10. The number of benzene rings is 2. The number of carbonyl (C=O) groups is 1. The lowest BCUT2D eigenvalue weighted by atomic mass is 9.99. The molecule has 28 heavy (non-hydrogen) atoms. The Balaban J connectivity index is 1.42. The van der Waals surface area contributed by atoms with Gasteiger partial charge in [0.2, 0.25) is 0 Å². The van der Waals surface area contributed by atoms with Crippen LogP contribution < -0.4 is 10.1 Å². The molecule has 3 rings (SSSR count). The predicted molar refractivity (Wildman–Crippen MR) is 112 cm³/mol. The van der Waals surface area contributed by atoms with Crippen molar-refractivity contribution in [3.63, 3.8) is 0 Å². The molecule has 4 heteroatoms. The van der Waals surface area contributed by atoms with Crippen LogP contribution in [0, 0.1) is 5.92 Å². The summed E-state index contributed by atoms with van der Waals surface area (Å²) in [7, 11) is 0. The van der Waals surface area contributed by atoms with Gasteiger partial charge in [-0.1, -0.05) is 42.5 Å². The summed E-state index contributed by atoms with van der Waals surface area (Å²) in [6, 6.07) is 18.6. The fourth-order valence-electron chi connectivity index (χ4n) is 3.41. The third kappa shape index (κ3) is 6.38. The molecule has 0 aromatic heterocycles. The van der Waals surface area contributed by atoms with Crippen LogP contribution in [0.3, 0.4) is 0 Å². The molecule has 2 aromatic rings. The van der Waals surface area contributed by atoms with Crippen molar-refractivity contribution in [2.45, 2.75) is 45.1 Å². The molecule has 0 radical (unpaired) electrons. The van der Waals surface area contributed by atoms with Gasteiger partial charge in [0.05, 0.1) is 12.5 Å². The van der Waals surface area contributed by atoms with Crippen molar-refractivity contribution < 1.29 is 14.3 Å². The SMILES string of the molecule is CC(C)(CCOc1ccc(Cc2ccccc2)cc1)OC(=O)C1CCCNC1. The van der Waals surface area contributed by atoms with E-state index in [0.717, 1.165) is 38.1 Å². The van der Waals surface area contributed by atoms with Gasteiger partial charge in [0.1, 0.15) is 11.4 Å². The second-order valence-electron chi connectivity index (χ2n) is 8.13. The van der Waals surface area contributed by atoms with Crippen LogP contribution in [0.2, 0.25) is 0 Å². The van der Waals surface area contributed by atoms with E-state index in [-0.39, 0.29) is 11.9 Å². The number of piperidine rings is 1. The predicted octanol–water partition coefficient (Wildman–Crippen LogP) is 4.37. The number of nitrogens with one attached hydrogen (secondary N) is 1. The molecule has 0 amide bonds. The van der Waals surface area contributed by atoms with Crippen LogP contribution in [0.4, 0.5) is 0 Å². The van der Waals surface area contributed by atoms with Crippen molar-refractivity contribution in [3.8, 4) is 5.75 Å². The zero-order chi connectivity index (χ0) is 19.8. The monoisotopic (exact) mass is 381 g/mol. The summed E-state index contributed by atoms with van der Waals surface area (Å²) in [5.74, 6) is 0.726. The Morgan fingerprint density at radius 2 is 1.79 bits per heavy atom. The van der Waals surface area contributed by atoms with E-state index >= 15 is 0 Å². The second kappa shape index (κ2) is 9.74. The largest absolute Gasteiger partial charge is 0.493 e. The number of carbonyl (C=O) groups excluding carboxylic acids is 1. The number of ether oxygens (including phenoxy) is 2. The van der Waals surface area contributed by atoms with Crippen molar-refractivity contribution in [1.82, 2.24) is 5.32 Å². The van der Waals surface area contributed by atoms with Crippen LogP contribution in [0.5, 0.6) is 5.75 Å². The van der Waals surface area contributed by atoms with Gasteiger partial charge in [-0.2, -0.15) is 0 Å².